The molecule has 4 heteroatoms. The minimum absolute atomic E-state index is 0. The highest BCUT2D eigenvalue weighted by Gasteiger charge is 2.11. The van der Waals surface area contributed by atoms with E-state index in [4.69, 9.17) is 0 Å². The summed E-state index contributed by atoms with van der Waals surface area (Å²) in [7, 11) is 0. The van der Waals surface area contributed by atoms with Crippen molar-refractivity contribution in [2.75, 3.05) is 19.6 Å². The van der Waals surface area contributed by atoms with Gasteiger partial charge in [-0.05, 0) is 50.6 Å². The van der Waals surface area contributed by atoms with E-state index in [0.29, 0.717) is 0 Å². The van der Waals surface area contributed by atoms with Gasteiger partial charge in [0.25, 0.3) is 0 Å². The lowest BCUT2D eigenvalue weighted by molar-refractivity contribution is 0.377. The Morgan fingerprint density at radius 3 is 2.39 bits per heavy atom. The number of rotatable bonds is 4. The third-order valence-electron chi connectivity index (χ3n) is 4.06. The van der Waals surface area contributed by atoms with Crippen LogP contribution in [-0.4, -0.2) is 35.0 Å². The topological polar surface area (TPSA) is 47.6 Å². The molecule has 0 radical (unpaired) electrons. The van der Waals surface area contributed by atoms with E-state index < -0.39 is 0 Å². The first-order valence-electron chi connectivity index (χ1n) is 7.74. The lowest BCUT2D eigenvalue weighted by Gasteiger charge is -2.14. The minimum atomic E-state index is 0. The molecule has 124 valence electrons. The maximum absolute atomic E-state index is 4.54. The zero-order valence-electron chi connectivity index (χ0n) is 13.5. The Bertz CT molecular complexity index is 605. The number of aromatic nitrogens is 1. The summed E-state index contributed by atoms with van der Waals surface area (Å²) in [6.45, 7) is 5.58. The highest BCUT2D eigenvalue weighted by Crippen LogP contribution is 2.22. The third kappa shape index (κ3) is 5.17. The lowest BCUT2D eigenvalue weighted by atomic mass is 10.0. The Hall–Kier alpha value is -1.68. The molecule has 2 heterocycles. The van der Waals surface area contributed by atoms with Gasteiger partial charge < -0.3 is 5.48 Å². The van der Waals surface area contributed by atoms with E-state index in [1.807, 2.05) is 12.3 Å². The molecule has 0 amide bonds. The molecule has 2 N–H and O–H groups in total. The molecule has 23 heavy (non-hydrogen) atoms. The number of hydrogen-bond donors (Lipinski definition) is 0. The van der Waals surface area contributed by atoms with E-state index in [2.05, 4.69) is 59.3 Å². The van der Waals surface area contributed by atoms with Crippen molar-refractivity contribution in [1.82, 2.24) is 9.88 Å². The SMILES string of the molecule is Cc1ccc(C(=CCN2CCCC2)c2ccccn2)cc1.Cl.O. The summed E-state index contributed by atoms with van der Waals surface area (Å²) < 4.78 is 0. The van der Waals surface area contributed by atoms with Gasteiger partial charge >= 0.3 is 0 Å². The predicted octanol–water partition coefficient (Wildman–Crippen LogP) is 3.51. The number of hydrogen-bond acceptors (Lipinski definition) is 2. The van der Waals surface area contributed by atoms with Crippen molar-refractivity contribution in [3.8, 4) is 0 Å². The average Bonchev–Trinajstić information content (AvgIpc) is 3.04. The number of nitrogens with zero attached hydrogens (tertiary/aromatic N) is 2. The highest BCUT2D eigenvalue weighted by molar-refractivity contribution is 5.85. The second-order valence-electron chi connectivity index (χ2n) is 5.71. The summed E-state index contributed by atoms with van der Waals surface area (Å²) >= 11 is 0. The van der Waals surface area contributed by atoms with E-state index in [-0.39, 0.29) is 17.9 Å². The normalized spacial score (nSPS) is 14.9. The van der Waals surface area contributed by atoms with Crippen LogP contribution in [-0.2, 0) is 0 Å². The second kappa shape index (κ2) is 9.46. The van der Waals surface area contributed by atoms with Gasteiger partial charge in [-0.15, -0.1) is 12.4 Å². The molecule has 3 nitrogen and oxygen atoms in total. The molecule has 1 fully saturated rings. The van der Waals surface area contributed by atoms with Gasteiger partial charge in [0.1, 0.15) is 0 Å². The largest absolute Gasteiger partial charge is 0.412 e. The number of likely N-dealkylation sites (tertiary alicyclic amines) is 1. The van der Waals surface area contributed by atoms with Gasteiger partial charge in [0.15, 0.2) is 0 Å². The maximum Gasteiger partial charge on any atom is 0.0705 e. The molecule has 0 bridgehead atoms. The standard InChI is InChI=1S/C19H22N2.ClH.H2O/c1-16-7-9-17(10-8-16)18(19-6-2-3-12-20-19)11-15-21-13-4-5-14-21;;/h2-3,6-12H,4-5,13-15H2,1H3;1H;1H2. The minimum Gasteiger partial charge on any atom is -0.412 e. The molecule has 1 aliphatic heterocycles. The third-order valence-corrected chi connectivity index (χ3v) is 4.06. The van der Waals surface area contributed by atoms with Gasteiger partial charge in [-0.2, -0.15) is 0 Å². The summed E-state index contributed by atoms with van der Waals surface area (Å²) in [5.41, 5.74) is 4.83. The monoisotopic (exact) mass is 332 g/mol. The first-order chi connectivity index (χ1) is 10.3. The van der Waals surface area contributed by atoms with Crippen molar-refractivity contribution in [1.29, 1.82) is 0 Å². The number of pyridine rings is 1. The van der Waals surface area contributed by atoms with Gasteiger partial charge in [0.2, 0.25) is 0 Å². The summed E-state index contributed by atoms with van der Waals surface area (Å²) in [6, 6.07) is 14.8. The number of aryl methyl sites for hydroxylation is 1. The first kappa shape index (κ1) is 19.4. The van der Waals surface area contributed by atoms with Crippen molar-refractivity contribution in [2.45, 2.75) is 19.8 Å². The fourth-order valence-electron chi connectivity index (χ4n) is 2.81. The van der Waals surface area contributed by atoms with Gasteiger partial charge in [-0.25, -0.2) is 0 Å². The molecule has 1 aliphatic rings. The van der Waals surface area contributed by atoms with Gasteiger partial charge in [-0.1, -0.05) is 42.0 Å². The molecule has 0 saturated carbocycles. The Morgan fingerprint density at radius 1 is 1.09 bits per heavy atom. The van der Waals surface area contributed by atoms with Crippen LogP contribution in [0.4, 0.5) is 0 Å². The smallest absolute Gasteiger partial charge is 0.0705 e. The van der Waals surface area contributed by atoms with Crippen LogP contribution in [0.2, 0.25) is 0 Å². The van der Waals surface area contributed by atoms with Crippen molar-refractivity contribution in [3.63, 3.8) is 0 Å². The first-order valence-corrected chi connectivity index (χ1v) is 7.74. The average molecular weight is 333 g/mol. The molecule has 2 aromatic rings. The van der Waals surface area contributed by atoms with Crippen LogP contribution >= 0.6 is 12.4 Å². The van der Waals surface area contributed by atoms with Crippen LogP contribution in [0.25, 0.3) is 5.57 Å². The Labute approximate surface area is 144 Å². The number of benzene rings is 1. The fourth-order valence-corrected chi connectivity index (χ4v) is 2.81. The maximum atomic E-state index is 4.54. The molecule has 0 spiro atoms. The Balaban J connectivity index is 0.00000132. The van der Waals surface area contributed by atoms with Crippen LogP contribution in [0.5, 0.6) is 0 Å². The number of halogens is 1. The molecular formula is C19H25ClN2O. The van der Waals surface area contributed by atoms with Crippen molar-refractivity contribution in [3.05, 3.63) is 71.6 Å². The van der Waals surface area contributed by atoms with E-state index in [1.54, 1.807) is 0 Å². The van der Waals surface area contributed by atoms with E-state index in [0.717, 1.165) is 12.2 Å². The Morgan fingerprint density at radius 2 is 1.78 bits per heavy atom. The highest BCUT2D eigenvalue weighted by atomic mass is 35.5. The summed E-state index contributed by atoms with van der Waals surface area (Å²) in [5, 5.41) is 0. The van der Waals surface area contributed by atoms with Crippen LogP contribution < -0.4 is 0 Å². The van der Waals surface area contributed by atoms with Crippen LogP contribution in [0, 0.1) is 6.92 Å². The molecule has 1 aromatic carbocycles. The van der Waals surface area contributed by atoms with Crippen molar-refractivity contribution in [2.24, 2.45) is 0 Å². The summed E-state index contributed by atoms with van der Waals surface area (Å²) in [6.07, 6.45) is 6.86. The van der Waals surface area contributed by atoms with Gasteiger partial charge in [0, 0.05) is 18.3 Å². The van der Waals surface area contributed by atoms with Crippen LogP contribution in [0.1, 0.15) is 29.7 Å². The predicted molar refractivity (Wildman–Crippen MR) is 99.0 cm³/mol. The van der Waals surface area contributed by atoms with E-state index >= 15 is 0 Å². The lowest BCUT2D eigenvalue weighted by Crippen LogP contribution is -2.19. The molecule has 1 aromatic heterocycles. The zero-order chi connectivity index (χ0) is 14.5. The van der Waals surface area contributed by atoms with E-state index in [1.165, 1.54) is 42.6 Å². The van der Waals surface area contributed by atoms with Crippen LogP contribution in [0.3, 0.4) is 0 Å². The fraction of sp³-hybridized carbons (Fsp3) is 0.316. The molecular weight excluding hydrogens is 308 g/mol. The Kier molecular flexibility index (Phi) is 7.96. The quantitative estimate of drug-likeness (QED) is 0.860. The van der Waals surface area contributed by atoms with Gasteiger partial charge in [0.05, 0.1) is 5.69 Å². The van der Waals surface area contributed by atoms with Crippen molar-refractivity contribution >= 4 is 18.0 Å². The van der Waals surface area contributed by atoms with E-state index in [9.17, 15) is 0 Å². The summed E-state index contributed by atoms with van der Waals surface area (Å²) in [4.78, 5) is 7.05. The molecule has 0 atom stereocenters. The van der Waals surface area contributed by atoms with Crippen LogP contribution in [0.15, 0.2) is 54.7 Å². The summed E-state index contributed by atoms with van der Waals surface area (Å²) in [5.74, 6) is 0. The zero-order valence-corrected chi connectivity index (χ0v) is 14.4. The van der Waals surface area contributed by atoms with Gasteiger partial charge in [-0.3, -0.25) is 9.88 Å². The second-order valence-corrected chi connectivity index (χ2v) is 5.71. The molecule has 0 unspecified atom stereocenters. The molecule has 0 aliphatic carbocycles. The van der Waals surface area contributed by atoms with Crippen molar-refractivity contribution < 1.29 is 5.48 Å². The molecule has 3 rings (SSSR count). The molecule has 1 saturated heterocycles.